The zero-order chi connectivity index (χ0) is 13.9. The Balaban J connectivity index is 1.71. The van der Waals surface area contributed by atoms with Gasteiger partial charge in [0.2, 0.25) is 5.91 Å². The molecule has 0 aliphatic carbocycles. The van der Waals surface area contributed by atoms with Crippen molar-refractivity contribution in [2.75, 3.05) is 13.1 Å². The van der Waals surface area contributed by atoms with E-state index in [-0.39, 0.29) is 5.91 Å². The van der Waals surface area contributed by atoms with E-state index in [1.54, 1.807) is 17.4 Å². The van der Waals surface area contributed by atoms with Gasteiger partial charge < -0.3 is 4.90 Å². The molecule has 1 aliphatic rings. The van der Waals surface area contributed by atoms with Crippen LogP contribution in [0.3, 0.4) is 0 Å². The monoisotopic (exact) mass is 286 g/mol. The largest absolute Gasteiger partial charge is 0.339 e. The van der Waals surface area contributed by atoms with Gasteiger partial charge in [-0.2, -0.15) is 0 Å². The van der Waals surface area contributed by atoms with E-state index < -0.39 is 0 Å². The maximum absolute atomic E-state index is 12.1. The first-order valence-electron chi connectivity index (χ1n) is 7.05. The molecular formula is C16H18N2OS. The minimum absolute atomic E-state index is 0.107. The average molecular weight is 286 g/mol. The second-order valence-electron chi connectivity index (χ2n) is 5.38. The maximum atomic E-state index is 12.1. The van der Waals surface area contributed by atoms with Crippen molar-refractivity contribution < 1.29 is 4.79 Å². The van der Waals surface area contributed by atoms with Gasteiger partial charge in [0, 0.05) is 19.2 Å². The molecule has 3 rings (SSSR count). The summed E-state index contributed by atoms with van der Waals surface area (Å²) in [4.78, 5) is 18.6. The molecule has 2 aromatic rings. The molecule has 20 heavy (non-hydrogen) atoms. The highest BCUT2D eigenvalue weighted by molar-refractivity contribution is 7.19. The number of hydrogen-bond donors (Lipinski definition) is 0. The molecule has 1 unspecified atom stereocenters. The van der Waals surface area contributed by atoms with Crippen molar-refractivity contribution in [1.29, 1.82) is 0 Å². The van der Waals surface area contributed by atoms with Crippen LogP contribution in [0.25, 0.3) is 16.3 Å². The Morgan fingerprint density at radius 2 is 2.30 bits per heavy atom. The third-order valence-corrected chi connectivity index (χ3v) is 4.65. The van der Waals surface area contributed by atoms with Crippen LogP contribution in [-0.4, -0.2) is 28.9 Å². The standard InChI is InChI=1S/C16H18N2OS/c1-12-5-4-10-18(11-12)16(19)9-8-15-17-13-6-2-3-7-14(13)20-15/h2-3,6-9,12H,4-5,10-11H2,1H3/b9-8+. The van der Waals surface area contributed by atoms with E-state index in [1.165, 1.54) is 6.42 Å². The summed E-state index contributed by atoms with van der Waals surface area (Å²) in [7, 11) is 0. The number of piperidine rings is 1. The summed E-state index contributed by atoms with van der Waals surface area (Å²) in [5.41, 5.74) is 0.996. The number of benzene rings is 1. The van der Waals surface area contributed by atoms with Crippen molar-refractivity contribution >= 4 is 33.5 Å². The normalized spacial score (nSPS) is 19.9. The van der Waals surface area contributed by atoms with Crippen LogP contribution >= 0.6 is 11.3 Å². The van der Waals surface area contributed by atoms with E-state index in [9.17, 15) is 4.79 Å². The highest BCUT2D eigenvalue weighted by Crippen LogP contribution is 2.22. The number of para-hydroxylation sites is 1. The Bertz CT molecular complexity index is 614. The van der Waals surface area contributed by atoms with Crippen molar-refractivity contribution in [1.82, 2.24) is 9.88 Å². The molecule has 104 valence electrons. The maximum Gasteiger partial charge on any atom is 0.246 e. The van der Waals surface area contributed by atoms with E-state index in [0.717, 1.165) is 34.7 Å². The van der Waals surface area contributed by atoms with Gasteiger partial charge in [-0.25, -0.2) is 4.98 Å². The fraction of sp³-hybridized carbons (Fsp3) is 0.375. The number of thiazole rings is 1. The fourth-order valence-corrected chi connectivity index (χ4v) is 3.47. The highest BCUT2D eigenvalue weighted by atomic mass is 32.1. The molecule has 0 bridgehead atoms. The minimum Gasteiger partial charge on any atom is -0.339 e. The van der Waals surface area contributed by atoms with Crippen LogP contribution in [0.15, 0.2) is 30.3 Å². The summed E-state index contributed by atoms with van der Waals surface area (Å²) in [5.74, 6) is 0.722. The molecule has 1 aromatic heterocycles. The zero-order valence-corrected chi connectivity index (χ0v) is 12.4. The molecule has 0 radical (unpaired) electrons. The first kappa shape index (κ1) is 13.3. The SMILES string of the molecule is CC1CCCN(C(=O)/C=C/c2nc3ccccc3s2)C1. The molecule has 1 saturated heterocycles. The highest BCUT2D eigenvalue weighted by Gasteiger charge is 2.18. The summed E-state index contributed by atoms with van der Waals surface area (Å²) in [6.45, 7) is 3.97. The molecule has 3 nitrogen and oxygen atoms in total. The lowest BCUT2D eigenvalue weighted by atomic mass is 10.0. The van der Waals surface area contributed by atoms with Gasteiger partial charge in [0.15, 0.2) is 0 Å². The number of nitrogens with zero attached hydrogens (tertiary/aromatic N) is 2. The van der Waals surface area contributed by atoms with Crippen molar-refractivity contribution in [3.05, 3.63) is 35.3 Å². The lowest BCUT2D eigenvalue weighted by molar-refractivity contribution is -0.127. The van der Waals surface area contributed by atoms with Gasteiger partial charge >= 0.3 is 0 Å². The molecular weight excluding hydrogens is 268 g/mol. The summed E-state index contributed by atoms with van der Waals surface area (Å²) in [6, 6.07) is 8.04. The van der Waals surface area contributed by atoms with Gasteiger partial charge in [-0.05, 0) is 37.0 Å². The molecule has 1 atom stereocenters. The van der Waals surface area contributed by atoms with Gasteiger partial charge in [0.1, 0.15) is 5.01 Å². The summed E-state index contributed by atoms with van der Waals surface area (Å²) in [5, 5.41) is 0.893. The predicted molar refractivity (Wildman–Crippen MR) is 83.6 cm³/mol. The first-order chi connectivity index (χ1) is 9.72. The Morgan fingerprint density at radius 1 is 1.45 bits per heavy atom. The average Bonchev–Trinajstić information content (AvgIpc) is 2.87. The lowest BCUT2D eigenvalue weighted by Gasteiger charge is -2.29. The third-order valence-electron chi connectivity index (χ3n) is 3.65. The topological polar surface area (TPSA) is 33.2 Å². The van der Waals surface area contributed by atoms with Crippen LogP contribution in [0.5, 0.6) is 0 Å². The molecule has 1 fully saturated rings. The molecule has 2 heterocycles. The molecule has 0 N–H and O–H groups in total. The molecule has 0 spiro atoms. The van der Waals surface area contributed by atoms with E-state index in [0.29, 0.717) is 5.92 Å². The van der Waals surface area contributed by atoms with Crippen LogP contribution in [0.2, 0.25) is 0 Å². The van der Waals surface area contributed by atoms with Crippen LogP contribution in [0.1, 0.15) is 24.8 Å². The van der Waals surface area contributed by atoms with Gasteiger partial charge in [-0.3, -0.25) is 4.79 Å². The van der Waals surface area contributed by atoms with Crippen LogP contribution < -0.4 is 0 Å². The van der Waals surface area contributed by atoms with Crippen molar-refractivity contribution in [3.63, 3.8) is 0 Å². The Morgan fingerprint density at radius 3 is 3.10 bits per heavy atom. The van der Waals surface area contributed by atoms with E-state index in [4.69, 9.17) is 0 Å². The first-order valence-corrected chi connectivity index (χ1v) is 7.86. The zero-order valence-electron chi connectivity index (χ0n) is 11.6. The number of amides is 1. The number of fused-ring (bicyclic) bond motifs is 1. The summed E-state index contributed by atoms with van der Waals surface area (Å²) < 4.78 is 1.16. The number of hydrogen-bond acceptors (Lipinski definition) is 3. The Kier molecular flexibility index (Phi) is 3.83. The molecule has 1 aromatic carbocycles. The smallest absolute Gasteiger partial charge is 0.246 e. The van der Waals surface area contributed by atoms with E-state index >= 15 is 0 Å². The molecule has 1 aliphatic heterocycles. The van der Waals surface area contributed by atoms with Crippen LogP contribution in [-0.2, 0) is 4.79 Å². The number of carbonyl (C=O) groups excluding carboxylic acids is 1. The third kappa shape index (κ3) is 2.90. The van der Waals surface area contributed by atoms with Crippen LogP contribution in [0, 0.1) is 5.92 Å². The summed E-state index contributed by atoms with van der Waals surface area (Å²) in [6.07, 6.45) is 5.84. The second-order valence-corrected chi connectivity index (χ2v) is 6.45. The van der Waals surface area contributed by atoms with Gasteiger partial charge in [0.25, 0.3) is 0 Å². The number of carbonyl (C=O) groups is 1. The second kappa shape index (κ2) is 5.75. The van der Waals surface area contributed by atoms with Crippen molar-refractivity contribution in [2.24, 2.45) is 5.92 Å². The van der Waals surface area contributed by atoms with Crippen molar-refractivity contribution in [3.8, 4) is 0 Å². The van der Waals surface area contributed by atoms with Crippen LogP contribution in [0.4, 0.5) is 0 Å². The Hall–Kier alpha value is -1.68. The number of aromatic nitrogens is 1. The van der Waals surface area contributed by atoms with E-state index in [1.807, 2.05) is 29.2 Å². The predicted octanol–water partition coefficient (Wildman–Crippen LogP) is 3.57. The quantitative estimate of drug-likeness (QED) is 0.791. The molecule has 1 amide bonds. The van der Waals surface area contributed by atoms with Gasteiger partial charge in [-0.15, -0.1) is 11.3 Å². The lowest BCUT2D eigenvalue weighted by Crippen LogP contribution is -2.38. The van der Waals surface area contributed by atoms with Gasteiger partial charge in [0.05, 0.1) is 10.2 Å². The minimum atomic E-state index is 0.107. The number of likely N-dealkylation sites (tertiary alicyclic amines) is 1. The van der Waals surface area contributed by atoms with Crippen molar-refractivity contribution in [2.45, 2.75) is 19.8 Å². The summed E-state index contributed by atoms with van der Waals surface area (Å²) >= 11 is 1.62. The van der Waals surface area contributed by atoms with Gasteiger partial charge in [-0.1, -0.05) is 19.1 Å². The Labute approximate surface area is 122 Å². The molecule has 4 heteroatoms. The fourth-order valence-electron chi connectivity index (χ4n) is 2.60. The van der Waals surface area contributed by atoms with E-state index in [2.05, 4.69) is 18.0 Å². The number of rotatable bonds is 2. The molecule has 0 saturated carbocycles.